The highest BCUT2D eigenvalue weighted by atomic mass is 16.3. The van der Waals surface area contributed by atoms with Crippen LogP contribution in [0.1, 0.15) is 39.0 Å². The summed E-state index contributed by atoms with van der Waals surface area (Å²) in [6, 6.07) is 0.750. The normalized spacial score (nSPS) is 32.1. The molecule has 1 fully saturated rings. The highest BCUT2D eigenvalue weighted by Gasteiger charge is 2.26. The minimum atomic E-state index is -0.0527. The van der Waals surface area contributed by atoms with Gasteiger partial charge in [0.1, 0.15) is 0 Å². The van der Waals surface area contributed by atoms with Crippen LogP contribution < -0.4 is 0 Å². The zero-order valence-electron chi connectivity index (χ0n) is 9.16. The summed E-state index contributed by atoms with van der Waals surface area (Å²) in [5.41, 5.74) is 0. The van der Waals surface area contributed by atoms with E-state index in [0.717, 1.165) is 12.5 Å². The fraction of sp³-hybridized carbons (Fsp3) is 1.00. The molecule has 1 aliphatic carbocycles. The van der Waals surface area contributed by atoms with Gasteiger partial charge in [-0.15, -0.1) is 0 Å². The summed E-state index contributed by atoms with van der Waals surface area (Å²) in [6.45, 7) is 2.07. The highest BCUT2D eigenvalue weighted by molar-refractivity contribution is 4.80. The molecule has 0 bridgehead atoms. The lowest BCUT2D eigenvalue weighted by Crippen LogP contribution is -2.35. The second-order valence-electron chi connectivity index (χ2n) is 4.51. The van der Waals surface area contributed by atoms with Crippen molar-refractivity contribution in [3.63, 3.8) is 0 Å². The molecule has 0 amide bonds. The van der Waals surface area contributed by atoms with E-state index in [-0.39, 0.29) is 6.10 Å². The Kier molecular flexibility index (Phi) is 4.20. The molecule has 0 aromatic heterocycles. The molecule has 0 radical (unpaired) electrons. The summed E-state index contributed by atoms with van der Waals surface area (Å²) >= 11 is 0. The summed E-state index contributed by atoms with van der Waals surface area (Å²) in [7, 11) is 4.31. The number of nitrogens with zero attached hydrogens (tertiary/aromatic N) is 1. The molecule has 78 valence electrons. The van der Waals surface area contributed by atoms with E-state index in [1.165, 1.54) is 25.7 Å². The van der Waals surface area contributed by atoms with Crippen molar-refractivity contribution in [2.24, 2.45) is 5.92 Å². The Morgan fingerprint density at radius 2 is 1.77 bits per heavy atom. The molecule has 0 spiro atoms. The Morgan fingerprint density at radius 3 is 2.15 bits per heavy atom. The number of hydrogen-bond acceptors (Lipinski definition) is 2. The second-order valence-corrected chi connectivity index (χ2v) is 4.51. The van der Waals surface area contributed by atoms with Gasteiger partial charge in [-0.1, -0.05) is 6.92 Å². The van der Waals surface area contributed by atoms with E-state index < -0.39 is 0 Å². The van der Waals surface area contributed by atoms with Crippen molar-refractivity contribution in [1.29, 1.82) is 0 Å². The van der Waals surface area contributed by atoms with Crippen LogP contribution >= 0.6 is 0 Å². The van der Waals surface area contributed by atoms with Crippen LogP contribution in [0, 0.1) is 5.92 Å². The summed E-state index contributed by atoms with van der Waals surface area (Å²) in [4.78, 5) is 2.31. The van der Waals surface area contributed by atoms with Crippen molar-refractivity contribution >= 4 is 0 Å². The SMILES string of the molecule is CCC(O)C1CCC(N(C)C)CC1. The van der Waals surface area contributed by atoms with Crippen LogP contribution in [-0.4, -0.2) is 36.2 Å². The van der Waals surface area contributed by atoms with Crippen molar-refractivity contribution in [3.8, 4) is 0 Å². The predicted octanol–water partition coefficient (Wildman–Crippen LogP) is 1.88. The Bertz CT molecular complexity index is 139. The van der Waals surface area contributed by atoms with Crippen LogP contribution in [0.2, 0.25) is 0 Å². The minimum Gasteiger partial charge on any atom is -0.393 e. The lowest BCUT2D eigenvalue weighted by Gasteiger charge is -2.34. The maximum atomic E-state index is 9.69. The van der Waals surface area contributed by atoms with E-state index in [4.69, 9.17) is 0 Å². The molecular formula is C11H23NO. The van der Waals surface area contributed by atoms with E-state index in [2.05, 4.69) is 25.9 Å². The van der Waals surface area contributed by atoms with Crippen molar-refractivity contribution in [1.82, 2.24) is 4.90 Å². The molecule has 1 unspecified atom stereocenters. The average Bonchev–Trinajstić information content (AvgIpc) is 2.17. The number of aliphatic hydroxyl groups is 1. The van der Waals surface area contributed by atoms with E-state index in [9.17, 15) is 5.11 Å². The first-order valence-corrected chi connectivity index (χ1v) is 5.49. The smallest absolute Gasteiger partial charge is 0.0565 e. The molecule has 1 N–H and O–H groups in total. The largest absolute Gasteiger partial charge is 0.393 e. The second kappa shape index (κ2) is 4.97. The van der Waals surface area contributed by atoms with Gasteiger partial charge in [-0.2, -0.15) is 0 Å². The Labute approximate surface area is 81.9 Å². The first-order valence-electron chi connectivity index (χ1n) is 5.49. The van der Waals surface area contributed by atoms with Gasteiger partial charge in [0.25, 0.3) is 0 Å². The molecule has 2 heteroatoms. The molecule has 1 aliphatic rings. The van der Waals surface area contributed by atoms with Crippen LogP contribution in [0.4, 0.5) is 0 Å². The third-order valence-corrected chi connectivity index (χ3v) is 3.43. The van der Waals surface area contributed by atoms with E-state index in [1.807, 2.05) is 0 Å². The number of rotatable bonds is 3. The molecule has 2 nitrogen and oxygen atoms in total. The predicted molar refractivity (Wildman–Crippen MR) is 55.7 cm³/mol. The van der Waals surface area contributed by atoms with Gasteiger partial charge in [0.05, 0.1) is 6.10 Å². The molecule has 1 rings (SSSR count). The first kappa shape index (κ1) is 11.0. The molecule has 13 heavy (non-hydrogen) atoms. The topological polar surface area (TPSA) is 23.5 Å². The standard InChI is InChI=1S/C11H23NO/c1-4-11(13)9-5-7-10(8-6-9)12(2)3/h9-11,13H,4-8H2,1-3H3. The van der Waals surface area contributed by atoms with Crippen molar-refractivity contribution < 1.29 is 5.11 Å². The van der Waals surface area contributed by atoms with Crippen LogP contribution in [0.25, 0.3) is 0 Å². The number of aliphatic hydroxyl groups excluding tert-OH is 1. The summed E-state index contributed by atoms with van der Waals surface area (Å²) in [6.07, 6.45) is 5.79. The van der Waals surface area contributed by atoms with Crippen molar-refractivity contribution in [2.75, 3.05) is 14.1 Å². The van der Waals surface area contributed by atoms with Gasteiger partial charge in [-0.3, -0.25) is 0 Å². The maximum absolute atomic E-state index is 9.69. The van der Waals surface area contributed by atoms with E-state index in [1.54, 1.807) is 0 Å². The van der Waals surface area contributed by atoms with Gasteiger partial charge in [-0.25, -0.2) is 0 Å². The van der Waals surface area contributed by atoms with Crippen LogP contribution in [0.15, 0.2) is 0 Å². The Hall–Kier alpha value is -0.0800. The zero-order chi connectivity index (χ0) is 9.84. The molecule has 1 saturated carbocycles. The Morgan fingerprint density at radius 1 is 1.23 bits per heavy atom. The maximum Gasteiger partial charge on any atom is 0.0565 e. The van der Waals surface area contributed by atoms with Gasteiger partial charge in [-0.05, 0) is 52.1 Å². The van der Waals surface area contributed by atoms with E-state index in [0.29, 0.717) is 5.92 Å². The zero-order valence-corrected chi connectivity index (χ0v) is 9.16. The van der Waals surface area contributed by atoms with E-state index >= 15 is 0 Å². The molecule has 0 aliphatic heterocycles. The highest BCUT2D eigenvalue weighted by Crippen LogP contribution is 2.29. The van der Waals surface area contributed by atoms with Gasteiger partial charge < -0.3 is 10.0 Å². The molecule has 0 aromatic rings. The van der Waals surface area contributed by atoms with Gasteiger partial charge in [0, 0.05) is 6.04 Å². The fourth-order valence-electron chi connectivity index (χ4n) is 2.34. The lowest BCUT2D eigenvalue weighted by molar-refractivity contribution is 0.0634. The molecule has 0 heterocycles. The van der Waals surface area contributed by atoms with Crippen molar-refractivity contribution in [3.05, 3.63) is 0 Å². The van der Waals surface area contributed by atoms with Crippen LogP contribution in [-0.2, 0) is 0 Å². The van der Waals surface area contributed by atoms with Crippen molar-refractivity contribution in [2.45, 2.75) is 51.2 Å². The van der Waals surface area contributed by atoms with Crippen LogP contribution in [0.3, 0.4) is 0 Å². The summed E-state index contributed by atoms with van der Waals surface area (Å²) < 4.78 is 0. The third-order valence-electron chi connectivity index (χ3n) is 3.43. The summed E-state index contributed by atoms with van der Waals surface area (Å²) in [5.74, 6) is 0.571. The third kappa shape index (κ3) is 2.96. The van der Waals surface area contributed by atoms with Gasteiger partial charge in [0.15, 0.2) is 0 Å². The lowest BCUT2D eigenvalue weighted by atomic mass is 9.81. The monoisotopic (exact) mass is 185 g/mol. The average molecular weight is 185 g/mol. The Balaban J connectivity index is 2.30. The quantitative estimate of drug-likeness (QED) is 0.725. The van der Waals surface area contributed by atoms with Gasteiger partial charge >= 0.3 is 0 Å². The molecule has 1 atom stereocenters. The molecule has 0 aromatic carbocycles. The molecule has 0 saturated heterocycles. The first-order chi connectivity index (χ1) is 6.15. The fourth-order valence-corrected chi connectivity index (χ4v) is 2.34. The minimum absolute atomic E-state index is 0.0527. The molecular weight excluding hydrogens is 162 g/mol. The van der Waals surface area contributed by atoms with Gasteiger partial charge in [0.2, 0.25) is 0 Å². The van der Waals surface area contributed by atoms with Crippen LogP contribution in [0.5, 0.6) is 0 Å². The summed E-state index contributed by atoms with van der Waals surface area (Å²) in [5, 5.41) is 9.69. The number of hydrogen-bond donors (Lipinski definition) is 1.